The van der Waals surface area contributed by atoms with E-state index in [0.29, 0.717) is 28.0 Å². The summed E-state index contributed by atoms with van der Waals surface area (Å²) < 4.78 is 5.29. The maximum Gasteiger partial charge on any atom is 0.259 e. The van der Waals surface area contributed by atoms with Gasteiger partial charge in [0.2, 0.25) is 5.91 Å². The van der Waals surface area contributed by atoms with E-state index < -0.39 is 0 Å². The van der Waals surface area contributed by atoms with Crippen molar-refractivity contribution in [2.75, 3.05) is 18.2 Å². The van der Waals surface area contributed by atoms with E-state index >= 15 is 0 Å². The number of thiophene rings is 1. The van der Waals surface area contributed by atoms with Crippen LogP contribution in [0.4, 0.5) is 5.69 Å². The minimum atomic E-state index is -0.157. The Morgan fingerprint density at radius 3 is 2.97 bits per heavy atom. The van der Waals surface area contributed by atoms with Crippen LogP contribution in [0.2, 0.25) is 5.02 Å². The molecule has 0 saturated heterocycles. The lowest BCUT2D eigenvalue weighted by atomic mass is 9.97. The summed E-state index contributed by atoms with van der Waals surface area (Å²) in [4.78, 5) is 34.6. The second-order valence-corrected chi connectivity index (χ2v) is 9.72. The third kappa shape index (κ3) is 4.36. The molecular formula is C21H22ClN3O3S2. The third-order valence-corrected chi connectivity index (χ3v) is 7.64. The molecule has 1 aromatic carbocycles. The zero-order valence-electron chi connectivity index (χ0n) is 16.8. The lowest BCUT2D eigenvalue weighted by molar-refractivity contribution is -0.113. The number of carbonyl (C=O) groups excluding carboxylic acids is 1. The monoisotopic (exact) mass is 463 g/mol. The van der Waals surface area contributed by atoms with Crippen molar-refractivity contribution in [2.45, 2.75) is 38.4 Å². The fourth-order valence-electron chi connectivity index (χ4n) is 3.63. The average Bonchev–Trinajstić information content (AvgIpc) is 3.09. The zero-order chi connectivity index (χ0) is 21.3. The van der Waals surface area contributed by atoms with Gasteiger partial charge in [-0.1, -0.05) is 11.6 Å². The van der Waals surface area contributed by atoms with E-state index in [2.05, 4.69) is 15.3 Å². The van der Waals surface area contributed by atoms with Crippen LogP contribution in [0, 0.1) is 6.92 Å². The highest BCUT2D eigenvalue weighted by Crippen LogP contribution is 2.34. The van der Waals surface area contributed by atoms with Crippen LogP contribution < -0.4 is 15.6 Å². The molecule has 158 valence electrons. The predicted octanol–water partition coefficient (Wildman–Crippen LogP) is 4.71. The van der Waals surface area contributed by atoms with Crippen LogP contribution in [-0.4, -0.2) is 28.7 Å². The van der Waals surface area contributed by atoms with Crippen molar-refractivity contribution < 1.29 is 9.53 Å². The maximum atomic E-state index is 12.6. The van der Waals surface area contributed by atoms with Gasteiger partial charge in [-0.25, -0.2) is 4.98 Å². The van der Waals surface area contributed by atoms with Crippen LogP contribution in [0.5, 0.6) is 5.75 Å². The molecule has 0 fully saturated rings. The van der Waals surface area contributed by atoms with Gasteiger partial charge in [0.1, 0.15) is 16.4 Å². The zero-order valence-corrected chi connectivity index (χ0v) is 19.2. The molecular weight excluding hydrogens is 442 g/mol. The number of hydrogen-bond donors (Lipinski definition) is 2. The van der Waals surface area contributed by atoms with E-state index in [1.54, 1.807) is 23.5 Å². The number of nitrogens with one attached hydrogen (secondary N) is 2. The van der Waals surface area contributed by atoms with Gasteiger partial charge >= 0.3 is 0 Å². The summed E-state index contributed by atoms with van der Waals surface area (Å²) in [5.41, 5.74) is 2.55. The molecule has 30 heavy (non-hydrogen) atoms. The number of nitrogens with zero attached hydrogens (tertiary/aromatic N) is 1. The lowest BCUT2D eigenvalue weighted by Crippen LogP contribution is -2.16. The molecule has 0 saturated carbocycles. The minimum Gasteiger partial charge on any atom is -0.495 e. The highest BCUT2D eigenvalue weighted by Gasteiger charge is 2.20. The van der Waals surface area contributed by atoms with E-state index in [1.807, 2.05) is 6.92 Å². The maximum absolute atomic E-state index is 12.6. The van der Waals surface area contributed by atoms with E-state index in [-0.39, 0.29) is 17.2 Å². The van der Waals surface area contributed by atoms with Gasteiger partial charge < -0.3 is 15.0 Å². The molecule has 6 nitrogen and oxygen atoms in total. The Morgan fingerprint density at radius 2 is 2.17 bits per heavy atom. The van der Waals surface area contributed by atoms with Crippen LogP contribution in [0.15, 0.2) is 16.9 Å². The van der Waals surface area contributed by atoms with Crippen molar-refractivity contribution in [3.8, 4) is 5.75 Å². The number of methoxy groups -OCH3 is 1. The Balaban J connectivity index is 1.41. The van der Waals surface area contributed by atoms with E-state index in [9.17, 15) is 9.59 Å². The molecule has 1 aliphatic carbocycles. The van der Waals surface area contributed by atoms with Crippen LogP contribution in [-0.2, 0) is 23.4 Å². The minimum absolute atomic E-state index is 0.0687. The van der Waals surface area contributed by atoms with Crippen LogP contribution in [0.1, 0.15) is 34.7 Å². The number of aromatic amines is 1. The molecule has 0 aliphatic heterocycles. The Bertz CT molecular complexity index is 1170. The second kappa shape index (κ2) is 8.99. The van der Waals surface area contributed by atoms with Gasteiger partial charge in [-0.3, -0.25) is 9.59 Å². The van der Waals surface area contributed by atoms with Gasteiger partial charge in [-0.15, -0.1) is 23.1 Å². The molecule has 0 atom stereocenters. The highest BCUT2D eigenvalue weighted by molar-refractivity contribution is 7.99. The van der Waals surface area contributed by atoms with Gasteiger partial charge in [-0.05, 0) is 49.8 Å². The number of halogens is 1. The van der Waals surface area contributed by atoms with Crippen molar-refractivity contribution in [3.63, 3.8) is 0 Å². The normalized spacial score (nSPS) is 13.3. The van der Waals surface area contributed by atoms with Gasteiger partial charge in [-0.2, -0.15) is 0 Å². The quantitative estimate of drug-likeness (QED) is 0.553. The molecule has 0 unspecified atom stereocenters. The number of aromatic nitrogens is 2. The molecule has 2 aromatic heterocycles. The molecule has 3 aromatic rings. The number of amides is 1. The van der Waals surface area contributed by atoms with Crippen molar-refractivity contribution in [2.24, 2.45) is 0 Å². The Kier molecular flexibility index (Phi) is 6.36. The summed E-state index contributed by atoms with van der Waals surface area (Å²) in [6, 6.07) is 3.47. The first-order valence-corrected chi connectivity index (χ1v) is 12.1. The summed E-state index contributed by atoms with van der Waals surface area (Å²) >= 11 is 9.14. The fraction of sp³-hybridized carbons (Fsp3) is 0.381. The SMILES string of the molecule is COc1cc(Cl)c(C)cc1NC(=O)CSCc1nc2sc3c(c2c(=O)[nH]1)CCCC3. The molecule has 1 aliphatic rings. The fourth-order valence-corrected chi connectivity index (χ4v) is 5.76. The van der Waals surface area contributed by atoms with Crippen molar-refractivity contribution >= 4 is 56.5 Å². The summed E-state index contributed by atoms with van der Waals surface area (Å²) in [5, 5.41) is 4.20. The number of benzene rings is 1. The number of fused-ring (bicyclic) bond motifs is 3. The van der Waals surface area contributed by atoms with Gasteiger partial charge in [0.25, 0.3) is 5.56 Å². The number of carbonyl (C=O) groups is 1. The first kappa shape index (κ1) is 21.2. The molecule has 1 amide bonds. The molecule has 0 spiro atoms. The Labute approximate surface area is 187 Å². The van der Waals surface area contributed by atoms with Gasteiger partial charge in [0, 0.05) is 16.0 Å². The number of aryl methyl sites for hydroxylation is 3. The van der Waals surface area contributed by atoms with Crippen molar-refractivity contribution in [1.82, 2.24) is 9.97 Å². The summed E-state index contributed by atoms with van der Waals surface area (Å²) in [5.74, 6) is 1.65. The first-order chi connectivity index (χ1) is 14.5. The number of ether oxygens (including phenoxy) is 1. The van der Waals surface area contributed by atoms with Gasteiger partial charge in [0.05, 0.1) is 29.7 Å². The van der Waals surface area contributed by atoms with E-state index in [1.165, 1.54) is 35.7 Å². The summed E-state index contributed by atoms with van der Waals surface area (Å²) in [6.07, 6.45) is 4.30. The van der Waals surface area contributed by atoms with Crippen LogP contribution >= 0.6 is 34.7 Å². The summed E-state index contributed by atoms with van der Waals surface area (Å²) in [7, 11) is 1.53. The van der Waals surface area contributed by atoms with Crippen molar-refractivity contribution in [1.29, 1.82) is 0 Å². The third-order valence-electron chi connectivity index (χ3n) is 5.10. The number of hydrogen-bond acceptors (Lipinski definition) is 6. The Hall–Kier alpha value is -2.03. The number of anilines is 1. The van der Waals surface area contributed by atoms with E-state index in [4.69, 9.17) is 16.3 Å². The second-order valence-electron chi connectivity index (χ2n) is 7.25. The Morgan fingerprint density at radius 1 is 1.37 bits per heavy atom. The molecule has 0 radical (unpaired) electrons. The van der Waals surface area contributed by atoms with Crippen LogP contribution in [0.3, 0.4) is 0 Å². The molecule has 4 rings (SSSR count). The highest BCUT2D eigenvalue weighted by atomic mass is 35.5. The predicted molar refractivity (Wildman–Crippen MR) is 124 cm³/mol. The van der Waals surface area contributed by atoms with Crippen molar-refractivity contribution in [3.05, 3.63) is 49.3 Å². The molecule has 2 heterocycles. The molecule has 9 heteroatoms. The molecule has 2 N–H and O–H groups in total. The average molecular weight is 464 g/mol. The van der Waals surface area contributed by atoms with Gasteiger partial charge in [0.15, 0.2) is 0 Å². The number of H-pyrrole nitrogens is 1. The first-order valence-electron chi connectivity index (χ1n) is 9.71. The standard InChI is InChI=1S/C21H22ClN3O3S2/c1-11-7-14(15(28-2)8-13(11)22)23-18(26)10-29-9-17-24-20(27)19-12-5-3-4-6-16(12)30-21(19)25-17/h7-8H,3-6,9-10H2,1-2H3,(H,23,26)(H,24,25,27). The summed E-state index contributed by atoms with van der Waals surface area (Å²) in [6.45, 7) is 1.87. The van der Waals surface area contributed by atoms with Crippen LogP contribution in [0.25, 0.3) is 10.2 Å². The largest absolute Gasteiger partial charge is 0.495 e. The molecule has 0 bridgehead atoms. The topological polar surface area (TPSA) is 84.1 Å². The number of rotatable bonds is 6. The number of thioether (sulfide) groups is 1. The van der Waals surface area contributed by atoms with E-state index in [0.717, 1.165) is 35.0 Å². The smallest absolute Gasteiger partial charge is 0.259 e. The lowest BCUT2D eigenvalue weighted by Gasteiger charge is -2.12.